The van der Waals surface area contributed by atoms with Gasteiger partial charge in [-0.15, -0.1) is 0 Å². The highest BCUT2D eigenvalue weighted by Crippen LogP contribution is 2.34. The Balaban J connectivity index is 1.74. The van der Waals surface area contributed by atoms with Crippen LogP contribution in [-0.4, -0.2) is 42.2 Å². The number of rotatable bonds is 7. The second-order valence-electron chi connectivity index (χ2n) is 8.49. The molecular weight excluding hydrogens is 514 g/mol. The van der Waals surface area contributed by atoms with Gasteiger partial charge in [0.15, 0.2) is 17.6 Å². The maximum Gasteiger partial charge on any atom is 0.346 e. The number of methoxy groups -OCH3 is 2. The molecule has 1 fully saturated rings. The lowest BCUT2D eigenvalue weighted by Crippen LogP contribution is -2.25. The first-order valence-corrected chi connectivity index (χ1v) is 12.4. The van der Waals surface area contributed by atoms with Gasteiger partial charge in [-0.05, 0) is 60.0 Å². The number of hydrogen-bond acceptors (Lipinski definition) is 7. The van der Waals surface area contributed by atoms with Crippen LogP contribution in [0.2, 0.25) is 0 Å². The van der Waals surface area contributed by atoms with Gasteiger partial charge in [0, 0.05) is 16.0 Å². The molecule has 1 atom stereocenters. The molecule has 1 aliphatic carbocycles. The van der Waals surface area contributed by atoms with Crippen LogP contribution < -0.4 is 15.0 Å². The second kappa shape index (κ2) is 11.0. The zero-order valence-electron chi connectivity index (χ0n) is 20.0. The summed E-state index contributed by atoms with van der Waals surface area (Å²) in [6, 6.07) is 10.8. The van der Waals surface area contributed by atoms with Gasteiger partial charge in [0.1, 0.15) is 5.82 Å². The number of carbonyl (C=O) groups excluding carboxylic acids is 1. The maximum atomic E-state index is 13.4. The molecule has 0 bridgehead atoms. The first kappa shape index (κ1) is 24.9. The minimum atomic E-state index is -0.805. The van der Waals surface area contributed by atoms with Crippen molar-refractivity contribution in [2.75, 3.05) is 14.2 Å². The average molecular weight is 542 g/mol. The van der Waals surface area contributed by atoms with Crippen molar-refractivity contribution in [3.63, 3.8) is 0 Å². The van der Waals surface area contributed by atoms with Crippen molar-refractivity contribution in [3.05, 3.63) is 62.6 Å². The van der Waals surface area contributed by atoms with E-state index in [4.69, 9.17) is 19.2 Å². The average Bonchev–Trinajstić information content (AvgIpc) is 2.89. The van der Waals surface area contributed by atoms with E-state index >= 15 is 0 Å². The van der Waals surface area contributed by atoms with Crippen molar-refractivity contribution in [1.29, 1.82) is 0 Å². The normalized spacial score (nSPS) is 15.3. The topological polar surface area (TPSA) is 92.0 Å². The number of carbonyl (C=O) groups is 1. The summed E-state index contributed by atoms with van der Waals surface area (Å²) in [5, 5.41) is 5.11. The molecule has 1 heterocycles. The minimum absolute atomic E-state index is 0.187. The zero-order chi connectivity index (χ0) is 24.9. The SMILES string of the molecule is COC(=O)[C@@H](C)Oc1cc(Br)c(C=Nn2c(C3CCCCC3)nc3ccccc3c2=O)cc1OC. The third-order valence-corrected chi connectivity index (χ3v) is 6.87. The van der Waals surface area contributed by atoms with Gasteiger partial charge in [-0.3, -0.25) is 4.79 Å². The molecule has 0 saturated heterocycles. The molecule has 0 unspecified atom stereocenters. The molecule has 9 heteroatoms. The number of esters is 1. The molecule has 0 spiro atoms. The van der Waals surface area contributed by atoms with Crippen molar-refractivity contribution in [1.82, 2.24) is 9.66 Å². The van der Waals surface area contributed by atoms with Gasteiger partial charge in [-0.1, -0.05) is 31.4 Å². The highest BCUT2D eigenvalue weighted by Gasteiger charge is 2.23. The van der Waals surface area contributed by atoms with Crippen molar-refractivity contribution < 1.29 is 19.0 Å². The Morgan fingerprint density at radius 2 is 1.91 bits per heavy atom. The third kappa shape index (κ3) is 5.40. The van der Waals surface area contributed by atoms with Crippen LogP contribution in [0.25, 0.3) is 10.9 Å². The Kier molecular flexibility index (Phi) is 7.85. The number of hydrogen-bond donors (Lipinski definition) is 0. The standard InChI is InChI=1S/C26H28BrN3O5/c1-16(26(32)34-3)35-23-14-20(27)18(13-22(23)33-2)15-28-30-24(17-9-5-4-6-10-17)29-21-12-8-7-11-19(21)25(30)31/h7-8,11-17H,4-6,9-10H2,1-3H3/t16-/m1/s1. The van der Waals surface area contributed by atoms with E-state index in [-0.39, 0.29) is 11.5 Å². The number of halogens is 1. The molecule has 8 nitrogen and oxygen atoms in total. The minimum Gasteiger partial charge on any atom is -0.493 e. The van der Waals surface area contributed by atoms with E-state index in [0.29, 0.717) is 38.3 Å². The Hall–Kier alpha value is -3.20. The first-order valence-electron chi connectivity index (χ1n) is 11.6. The molecule has 1 aliphatic rings. The van der Waals surface area contributed by atoms with Gasteiger partial charge in [0.25, 0.3) is 5.56 Å². The highest BCUT2D eigenvalue weighted by atomic mass is 79.9. The maximum absolute atomic E-state index is 13.4. The van der Waals surface area contributed by atoms with E-state index in [0.717, 1.165) is 25.7 Å². The summed E-state index contributed by atoms with van der Waals surface area (Å²) in [7, 11) is 2.82. The number of fused-ring (bicyclic) bond motifs is 1. The predicted molar refractivity (Wildman–Crippen MR) is 138 cm³/mol. The largest absolute Gasteiger partial charge is 0.493 e. The molecule has 0 N–H and O–H groups in total. The fourth-order valence-electron chi connectivity index (χ4n) is 4.30. The Labute approximate surface area is 212 Å². The molecule has 0 amide bonds. The number of benzene rings is 2. The van der Waals surface area contributed by atoms with Crippen LogP contribution in [0, 0.1) is 0 Å². The van der Waals surface area contributed by atoms with E-state index < -0.39 is 12.1 Å². The third-order valence-electron chi connectivity index (χ3n) is 6.18. The van der Waals surface area contributed by atoms with E-state index in [1.54, 1.807) is 31.3 Å². The van der Waals surface area contributed by atoms with Gasteiger partial charge < -0.3 is 14.2 Å². The fourth-order valence-corrected chi connectivity index (χ4v) is 4.73. The quantitative estimate of drug-likeness (QED) is 0.307. The number of para-hydroxylation sites is 1. The first-order chi connectivity index (χ1) is 16.9. The Morgan fingerprint density at radius 1 is 1.17 bits per heavy atom. The van der Waals surface area contributed by atoms with Crippen LogP contribution in [0.4, 0.5) is 0 Å². The van der Waals surface area contributed by atoms with Crippen LogP contribution in [0.3, 0.4) is 0 Å². The van der Waals surface area contributed by atoms with Gasteiger partial charge in [0.2, 0.25) is 0 Å². The zero-order valence-corrected chi connectivity index (χ0v) is 21.6. The monoisotopic (exact) mass is 541 g/mol. The summed E-state index contributed by atoms with van der Waals surface area (Å²) >= 11 is 3.54. The van der Waals surface area contributed by atoms with E-state index in [2.05, 4.69) is 21.0 Å². The summed E-state index contributed by atoms with van der Waals surface area (Å²) < 4.78 is 18.0. The second-order valence-corrected chi connectivity index (χ2v) is 9.35. The molecule has 4 rings (SSSR count). The summed E-state index contributed by atoms with van der Waals surface area (Å²) in [6.07, 6.45) is 6.21. The van der Waals surface area contributed by atoms with Crippen molar-refractivity contribution in [2.45, 2.75) is 51.0 Å². The molecule has 0 aliphatic heterocycles. The predicted octanol–water partition coefficient (Wildman–Crippen LogP) is 5.04. The van der Waals surface area contributed by atoms with Crippen molar-refractivity contribution in [2.24, 2.45) is 5.10 Å². The van der Waals surface area contributed by atoms with Crippen molar-refractivity contribution >= 4 is 39.0 Å². The van der Waals surface area contributed by atoms with Crippen LogP contribution in [0.1, 0.15) is 56.3 Å². The number of nitrogens with zero attached hydrogens (tertiary/aromatic N) is 3. The lowest BCUT2D eigenvalue weighted by molar-refractivity contribution is -0.147. The van der Waals surface area contributed by atoms with Gasteiger partial charge in [-0.25, -0.2) is 9.78 Å². The number of ether oxygens (including phenoxy) is 3. The van der Waals surface area contributed by atoms with Crippen LogP contribution in [0.5, 0.6) is 11.5 Å². The van der Waals surface area contributed by atoms with E-state index in [1.165, 1.54) is 25.3 Å². The van der Waals surface area contributed by atoms with Crippen LogP contribution in [-0.2, 0) is 9.53 Å². The number of aromatic nitrogens is 2. The van der Waals surface area contributed by atoms with E-state index in [1.807, 2.05) is 18.2 Å². The molecule has 2 aromatic carbocycles. The highest BCUT2D eigenvalue weighted by molar-refractivity contribution is 9.10. The van der Waals surface area contributed by atoms with Gasteiger partial charge in [0.05, 0.1) is 31.3 Å². The van der Waals surface area contributed by atoms with Crippen molar-refractivity contribution in [3.8, 4) is 11.5 Å². The summed E-state index contributed by atoms with van der Waals surface area (Å²) in [5.74, 6) is 1.18. The molecular formula is C26H28BrN3O5. The Morgan fingerprint density at radius 3 is 2.63 bits per heavy atom. The molecule has 0 radical (unpaired) electrons. The molecule has 3 aromatic rings. The molecule has 1 aromatic heterocycles. The van der Waals surface area contributed by atoms with E-state index in [9.17, 15) is 9.59 Å². The smallest absolute Gasteiger partial charge is 0.346 e. The lowest BCUT2D eigenvalue weighted by atomic mass is 9.88. The lowest BCUT2D eigenvalue weighted by Gasteiger charge is -2.22. The van der Waals surface area contributed by atoms with Gasteiger partial charge in [-0.2, -0.15) is 9.78 Å². The fraction of sp³-hybridized carbons (Fsp3) is 0.385. The summed E-state index contributed by atoms with van der Waals surface area (Å²) in [5.41, 5.74) is 1.17. The molecule has 35 heavy (non-hydrogen) atoms. The molecule has 184 valence electrons. The summed E-state index contributed by atoms with van der Waals surface area (Å²) in [6.45, 7) is 1.60. The molecule has 1 saturated carbocycles. The summed E-state index contributed by atoms with van der Waals surface area (Å²) in [4.78, 5) is 30.0. The Bertz CT molecular complexity index is 1310. The van der Waals surface area contributed by atoms with Crippen LogP contribution >= 0.6 is 15.9 Å². The van der Waals surface area contributed by atoms with Crippen LogP contribution in [0.15, 0.2) is 50.8 Å². The van der Waals surface area contributed by atoms with Gasteiger partial charge >= 0.3 is 5.97 Å².